The quantitative estimate of drug-likeness (QED) is 0.814. The second kappa shape index (κ2) is 5.66. The minimum Gasteiger partial charge on any atom is -0.394 e. The highest BCUT2D eigenvalue weighted by Gasteiger charge is 2.36. The largest absolute Gasteiger partial charge is 0.394 e. The number of nitrogens with zero attached hydrogens (tertiary/aromatic N) is 1. The number of aryl methyl sites for hydroxylation is 1. The summed E-state index contributed by atoms with van der Waals surface area (Å²) in [7, 11) is 0. The third-order valence-corrected chi connectivity index (χ3v) is 3.21. The second-order valence-corrected chi connectivity index (χ2v) is 4.63. The molecule has 2 rings (SSSR count). The molecular weight excluding hydrogens is 255 g/mol. The Morgan fingerprint density at radius 3 is 2.89 bits per heavy atom. The van der Waals surface area contributed by atoms with E-state index >= 15 is 0 Å². The van der Waals surface area contributed by atoms with Crippen LogP contribution in [0.1, 0.15) is 31.6 Å². The molecule has 1 aromatic heterocycles. The number of ether oxygens (including phenoxy) is 1. The number of rotatable bonds is 4. The Labute approximate surface area is 108 Å². The number of aromatic amines is 1. The molecule has 2 heterocycles. The van der Waals surface area contributed by atoms with Crippen LogP contribution < -0.4 is 11.2 Å². The number of aliphatic hydroxyl groups is 1. The first kappa shape index (κ1) is 14.0. The predicted molar refractivity (Wildman–Crippen MR) is 65.8 cm³/mol. The fourth-order valence-corrected chi connectivity index (χ4v) is 2.21. The molecule has 1 aliphatic heterocycles. The van der Waals surface area contributed by atoms with Crippen LogP contribution in [-0.4, -0.2) is 33.5 Å². The topological polar surface area (TPSA) is 84.3 Å². The van der Waals surface area contributed by atoms with Gasteiger partial charge in [0.2, 0.25) is 0 Å². The van der Waals surface area contributed by atoms with Crippen molar-refractivity contribution < 1.29 is 14.2 Å². The standard InChI is InChI=1S/C12H17FN2O4/c1-2-3-7-5-15(12(18)14-11(7)17)10-4-8(13)9(6-16)19-10/h5,8-10,16H,2-4,6H2,1H3,(H,14,17,18)/t8?,9-,10-/m1/s1. The van der Waals surface area contributed by atoms with Gasteiger partial charge in [-0.1, -0.05) is 13.3 Å². The molecule has 106 valence electrons. The normalized spacial score (nSPS) is 26.8. The molecular formula is C12H17FN2O4. The molecule has 1 aliphatic rings. The van der Waals surface area contributed by atoms with Gasteiger partial charge < -0.3 is 9.84 Å². The molecule has 1 aromatic rings. The van der Waals surface area contributed by atoms with Gasteiger partial charge in [0.15, 0.2) is 0 Å². The van der Waals surface area contributed by atoms with Crippen LogP contribution in [-0.2, 0) is 11.2 Å². The van der Waals surface area contributed by atoms with E-state index in [9.17, 15) is 14.0 Å². The molecule has 6 nitrogen and oxygen atoms in total. The molecule has 19 heavy (non-hydrogen) atoms. The fraction of sp³-hybridized carbons (Fsp3) is 0.667. The minimum absolute atomic E-state index is 0.0112. The zero-order valence-corrected chi connectivity index (χ0v) is 10.6. The lowest BCUT2D eigenvalue weighted by molar-refractivity contribution is -0.0357. The van der Waals surface area contributed by atoms with E-state index in [-0.39, 0.29) is 6.42 Å². The number of alkyl halides is 1. The van der Waals surface area contributed by atoms with Crippen molar-refractivity contribution in [2.75, 3.05) is 6.61 Å². The number of halogens is 1. The van der Waals surface area contributed by atoms with E-state index in [0.29, 0.717) is 12.0 Å². The summed E-state index contributed by atoms with van der Waals surface area (Å²) in [4.78, 5) is 25.5. The molecule has 0 saturated carbocycles. The third-order valence-electron chi connectivity index (χ3n) is 3.21. The Kier molecular flexibility index (Phi) is 4.16. The Morgan fingerprint density at radius 1 is 1.58 bits per heavy atom. The molecule has 2 N–H and O–H groups in total. The van der Waals surface area contributed by atoms with Crippen molar-refractivity contribution in [3.8, 4) is 0 Å². The zero-order valence-electron chi connectivity index (χ0n) is 10.6. The van der Waals surface area contributed by atoms with Gasteiger partial charge in [-0.3, -0.25) is 14.3 Å². The molecule has 3 atom stereocenters. The first-order valence-corrected chi connectivity index (χ1v) is 6.31. The number of aromatic nitrogens is 2. The van der Waals surface area contributed by atoms with Gasteiger partial charge in [0.05, 0.1) is 6.61 Å². The van der Waals surface area contributed by atoms with Crippen molar-refractivity contribution in [2.45, 2.75) is 44.7 Å². The van der Waals surface area contributed by atoms with Gasteiger partial charge in [-0.25, -0.2) is 9.18 Å². The Hall–Kier alpha value is -1.47. The van der Waals surface area contributed by atoms with Gasteiger partial charge in [0.25, 0.3) is 5.56 Å². The zero-order chi connectivity index (χ0) is 14.0. The van der Waals surface area contributed by atoms with E-state index in [1.54, 1.807) is 0 Å². The van der Waals surface area contributed by atoms with Crippen LogP contribution in [0.5, 0.6) is 0 Å². The van der Waals surface area contributed by atoms with Crippen LogP contribution in [0.3, 0.4) is 0 Å². The van der Waals surface area contributed by atoms with Crippen LogP contribution in [0, 0.1) is 0 Å². The molecule has 7 heteroatoms. The minimum atomic E-state index is -1.32. The van der Waals surface area contributed by atoms with E-state index in [1.165, 1.54) is 10.8 Å². The predicted octanol–water partition coefficient (Wildman–Crippen LogP) is 0.107. The van der Waals surface area contributed by atoms with Gasteiger partial charge in [-0.15, -0.1) is 0 Å². The Balaban J connectivity index is 2.33. The lowest BCUT2D eigenvalue weighted by Crippen LogP contribution is -2.34. The third kappa shape index (κ3) is 2.76. The summed E-state index contributed by atoms with van der Waals surface area (Å²) in [6, 6.07) is 0. The van der Waals surface area contributed by atoms with E-state index in [2.05, 4.69) is 4.98 Å². The Bertz CT molecular complexity index is 553. The Morgan fingerprint density at radius 2 is 2.32 bits per heavy atom. The van der Waals surface area contributed by atoms with Crippen LogP contribution in [0.4, 0.5) is 4.39 Å². The molecule has 0 bridgehead atoms. The molecule has 0 amide bonds. The second-order valence-electron chi connectivity index (χ2n) is 4.63. The lowest BCUT2D eigenvalue weighted by Gasteiger charge is -2.15. The van der Waals surface area contributed by atoms with Crippen molar-refractivity contribution >= 4 is 0 Å². The van der Waals surface area contributed by atoms with Gasteiger partial charge >= 0.3 is 5.69 Å². The van der Waals surface area contributed by atoms with E-state index in [0.717, 1.165) is 6.42 Å². The van der Waals surface area contributed by atoms with Crippen molar-refractivity contribution in [3.05, 3.63) is 32.6 Å². The summed E-state index contributed by atoms with van der Waals surface area (Å²) in [6.45, 7) is 1.48. The molecule has 1 unspecified atom stereocenters. The summed E-state index contributed by atoms with van der Waals surface area (Å²) >= 11 is 0. The summed E-state index contributed by atoms with van der Waals surface area (Å²) in [5, 5.41) is 8.94. The molecule has 1 fully saturated rings. The van der Waals surface area contributed by atoms with Gasteiger partial charge in [0, 0.05) is 18.2 Å². The molecule has 0 aliphatic carbocycles. The number of nitrogens with one attached hydrogen (secondary N) is 1. The lowest BCUT2D eigenvalue weighted by atomic mass is 10.2. The van der Waals surface area contributed by atoms with E-state index in [1.807, 2.05) is 6.92 Å². The summed E-state index contributed by atoms with van der Waals surface area (Å²) in [5.74, 6) is 0. The molecule has 0 radical (unpaired) electrons. The highest BCUT2D eigenvalue weighted by molar-refractivity contribution is 5.05. The highest BCUT2D eigenvalue weighted by Crippen LogP contribution is 2.29. The van der Waals surface area contributed by atoms with E-state index in [4.69, 9.17) is 9.84 Å². The summed E-state index contributed by atoms with van der Waals surface area (Å²) in [6.07, 6.45) is -0.318. The maximum Gasteiger partial charge on any atom is 0.330 e. The maximum atomic E-state index is 13.5. The van der Waals surface area contributed by atoms with E-state index < -0.39 is 36.4 Å². The van der Waals surface area contributed by atoms with Crippen LogP contribution in [0.2, 0.25) is 0 Å². The maximum absolute atomic E-state index is 13.5. The smallest absolute Gasteiger partial charge is 0.330 e. The van der Waals surface area contributed by atoms with Gasteiger partial charge in [-0.2, -0.15) is 0 Å². The SMILES string of the molecule is CCCc1cn([C@H]2CC(F)[C@@H](CO)O2)c(=O)[nH]c1=O. The van der Waals surface area contributed by atoms with Crippen LogP contribution >= 0.6 is 0 Å². The van der Waals surface area contributed by atoms with Crippen LogP contribution in [0.15, 0.2) is 15.8 Å². The van der Waals surface area contributed by atoms with Crippen molar-refractivity contribution in [2.24, 2.45) is 0 Å². The number of aliphatic hydroxyl groups excluding tert-OH is 1. The first-order chi connectivity index (χ1) is 9.06. The summed E-state index contributed by atoms with van der Waals surface area (Å²) in [5.41, 5.74) is -0.578. The molecule has 1 saturated heterocycles. The monoisotopic (exact) mass is 272 g/mol. The molecule has 0 spiro atoms. The number of H-pyrrole nitrogens is 1. The average molecular weight is 272 g/mol. The van der Waals surface area contributed by atoms with Crippen molar-refractivity contribution in [1.82, 2.24) is 9.55 Å². The van der Waals surface area contributed by atoms with Crippen molar-refractivity contribution in [1.29, 1.82) is 0 Å². The average Bonchev–Trinajstić information content (AvgIpc) is 2.74. The summed E-state index contributed by atoms with van der Waals surface area (Å²) < 4.78 is 20.0. The number of hydrogen-bond donors (Lipinski definition) is 2. The van der Waals surface area contributed by atoms with Crippen LogP contribution in [0.25, 0.3) is 0 Å². The molecule has 0 aromatic carbocycles. The van der Waals surface area contributed by atoms with Crippen molar-refractivity contribution in [3.63, 3.8) is 0 Å². The fourth-order valence-electron chi connectivity index (χ4n) is 2.21. The first-order valence-electron chi connectivity index (χ1n) is 6.31. The number of hydrogen-bond acceptors (Lipinski definition) is 4. The van der Waals surface area contributed by atoms with Gasteiger partial charge in [-0.05, 0) is 6.42 Å². The highest BCUT2D eigenvalue weighted by atomic mass is 19.1. The van der Waals surface area contributed by atoms with Gasteiger partial charge in [0.1, 0.15) is 18.5 Å².